The molecule has 1 aromatic carbocycles. The van der Waals surface area contributed by atoms with Crippen molar-refractivity contribution in [2.75, 3.05) is 6.61 Å². The van der Waals surface area contributed by atoms with Crippen LogP contribution in [-0.4, -0.2) is 30.4 Å². The zero-order valence-electron chi connectivity index (χ0n) is 18.3. The summed E-state index contributed by atoms with van der Waals surface area (Å²) in [6, 6.07) is 7.63. The fraction of sp³-hybridized carbons (Fsp3) is 0.542. The van der Waals surface area contributed by atoms with Crippen LogP contribution in [0.25, 0.3) is 11.2 Å². The third kappa shape index (κ3) is 3.71. The van der Waals surface area contributed by atoms with E-state index < -0.39 is 0 Å². The van der Waals surface area contributed by atoms with Crippen LogP contribution >= 0.6 is 11.6 Å². The van der Waals surface area contributed by atoms with E-state index in [0.717, 1.165) is 23.7 Å². The molecule has 2 heterocycles. The van der Waals surface area contributed by atoms with Crippen molar-refractivity contribution < 1.29 is 5.11 Å². The van der Waals surface area contributed by atoms with Crippen LogP contribution in [0, 0.1) is 11.8 Å². The first kappa shape index (κ1) is 21.5. The van der Waals surface area contributed by atoms with Gasteiger partial charge in [-0.05, 0) is 42.4 Å². The van der Waals surface area contributed by atoms with E-state index in [4.69, 9.17) is 16.6 Å². The smallest absolute Gasteiger partial charge is 0.332 e. The highest BCUT2D eigenvalue weighted by Crippen LogP contribution is 2.55. The number of imidazole rings is 1. The molecule has 2 aromatic heterocycles. The molecule has 0 saturated heterocycles. The van der Waals surface area contributed by atoms with Gasteiger partial charge in [0, 0.05) is 37.7 Å². The third-order valence-corrected chi connectivity index (χ3v) is 7.48. The van der Waals surface area contributed by atoms with Crippen molar-refractivity contribution in [2.45, 2.75) is 57.5 Å². The van der Waals surface area contributed by atoms with Gasteiger partial charge < -0.3 is 9.67 Å². The minimum atomic E-state index is -0.387. The number of halogens is 1. The number of aromatic nitrogens is 4. The molecule has 2 aliphatic carbocycles. The molecule has 5 rings (SSSR count). The van der Waals surface area contributed by atoms with E-state index in [1.165, 1.54) is 34.8 Å². The van der Waals surface area contributed by atoms with Gasteiger partial charge >= 0.3 is 5.69 Å². The summed E-state index contributed by atoms with van der Waals surface area (Å²) in [5, 5.41) is 9.90. The number of aliphatic hydroxyl groups is 1. The number of aryl methyl sites for hydroxylation is 1. The molecule has 2 atom stereocenters. The number of benzene rings is 1. The predicted octanol–water partition coefficient (Wildman–Crippen LogP) is 3.27. The van der Waals surface area contributed by atoms with E-state index in [-0.39, 0.29) is 24.4 Å². The molecule has 2 saturated carbocycles. The van der Waals surface area contributed by atoms with Crippen LogP contribution in [-0.2, 0) is 20.1 Å². The average Bonchev–Trinajstić information content (AvgIpc) is 3.20. The van der Waals surface area contributed by atoms with Crippen molar-refractivity contribution in [1.82, 2.24) is 18.7 Å². The van der Waals surface area contributed by atoms with Gasteiger partial charge in [0.2, 0.25) is 0 Å². The first-order valence-corrected chi connectivity index (χ1v) is 11.9. The van der Waals surface area contributed by atoms with E-state index >= 15 is 0 Å². The minimum absolute atomic E-state index is 0.0753. The monoisotopic (exact) mass is 456 g/mol. The van der Waals surface area contributed by atoms with Gasteiger partial charge in [-0.15, -0.1) is 0 Å². The van der Waals surface area contributed by atoms with Gasteiger partial charge in [-0.25, -0.2) is 9.78 Å². The molecule has 0 spiro atoms. The number of hydrogen-bond donors (Lipinski definition) is 1. The van der Waals surface area contributed by atoms with Crippen molar-refractivity contribution in [3.05, 3.63) is 61.5 Å². The lowest BCUT2D eigenvalue weighted by Gasteiger charge is -2.12. The minimum Gasteiger partial charge on any atom is -0.396 e. The zero-order chi connectivity index (χ0) is 22.4. The number of aliphatic hydroxyl groups excluding tert-OH is 1. The topological polar surface area (TPSA) is 82.0 Å². The predicted molar refractivity (Wildman–Crippen MR) is 124 cm³/mol. The summed E-state index contributed by atoms with van der Waals surface area (Å²) in [5.41, 5.74) is 1.22. The molecule has 1 N–H and O–H groups in total. The Kier molecular flexibility index (Phi) is 5.72. The van der Waals surface area contributed by atoms with Crippen molar-refractivity contribution in [1.29, 1.82) is 0 Å². The fourth-order valence-corrected chi connectivity index (χ4v) is 5.57. The normalized spacial score (nSPS) is 21.0. The number of fused-ring (bicyclic) bond motifs is 1. The number of nitrogens with zero attached hydrogens (tertiary/aromatic N) is 4. The molecule has 8 heteroatoms. The highest BCUT2D eigenvalue weighted by Gasteiger charge is 2.47. The lowest BCUT2D eigenvalue weighted by molar-refractivity contribution is 0.277. The van der Waals surface area contributed by atoms with Gasteiger partial charge in [-0.1, -0.05) is 49.4 Å². The van der Waals surface area contributed by atoms with Crippen molar-refractivity contribution >= 4 is 22.8 Å². The average molecular weight is 457 g/mol. The van der Waals surface area contributed by atoms with Crippen molar-refractivity contribution in [3.63, 3.8) is 0 Å². The number of rotatable bonds is 7. The van der Waals surface area contributed by atoms with Crippen LogP contribution in [0.1, 0.15) is 55.8 Å². The lowest BCUT2D eigenvalue weighted by atomic mass is 10.0. The summed E-state index contributed by atoms with van der Waals surface area (Å²) in [5.74, 6) is 2.61. The molecule has 0 radical (unpaired) electrons. The van der Waals surface area contributed by atoms with E-state index in [2.05, 4.69) is 0 Å². The van der Waals surface area contributed by atoms with E-state index in [0.29, 0.717) is 41.0 Å². The van der Waals surface area contributed by atoms with Crippen LogP contribution in [0.4, 0.5) is 0 Å². The van der Waals surface area contributed by atoms with Crippen molar-refractivity contribution in [2.24, 2.45) is 18.9 Å². The highest BCUT2D eigenvalue weighted by molar-refractivity contribution is 6.30. The van der Waals surface area contributed by atoms with Gasteiger partial charge in [0.15, 0.2) is 11.2 Å². The summed E-state index contributed by atoms with van der Waals surface area (Å²) >= 11 is 6.07. The molecular formula is C24H29ClN4O3. The second-order valence-corrected chi connectivity index (χ2v) is 9.72. The van der Waals surface area contributed by atoms with Crippen LogP contribution in [0.15, 0.2) is 33.9 Å². The maximum absolute atomic E-state index is 13.5. The fourth-order valence-electron chi connectivity index (χ4n) is 5.45. The largest absolute Gasteiger partial charge is 0.396 e. The van der Waals surface area contributed by atoms with Gasteiger partial charge in [-0.3, -0.25) is 13.9 Å². The summed E-state index contributed by atoms with van der Waals surface area (Å²) in [7, 11) is 1.67. The third-order valence-electron chi connectivity index (χ3n) is 7.23. The Hall–Kier alpha value is -2.38. The van der Waals surface area contributed by atoms with Crippen LogP contribution < -0.4 is 11.2 Å². The molecule has 2 fully saturated rings. The van der Waals surface area contributed by atoms with Crippen LogP contribution in [0.5, 0.6) is 0 Å². The molecule has 170 valence electrons. The molecule has 0 aliphatic heterocycles. The van der Waals surface area contributed by atoms with E-state index in [1.807, 2.05) is 28.8 Å². The summed E-state index contributed by atoms with van der Waals surface area (Å²) in [6.07, 6.45) is 6.63. The lowest BCUT2D eigenvalue weighted by Crippen LogP contribution is -2.40. The van der Waals surface area contributed by atoms with Crippen molar-refractivity contribution in [3.8, 4) is 0 Å². The Morgan fingerprint density at radius 2 is 1.84 bits per heavy atom. The van der Waals surface area contributed by atoms with Gasteiger partial charge in [-0.2, -0.15) is 0 Å². The molecule has 0 bridgehead atoms. The first-order chi connectivity index (χ1) is 15.5. The molecule has 3 aromatic rings. The quantitative estimate of drug-likeness (QED) is 0.591. The Balaban J connectivity index is 1.65. The summed E-state index contributed by atoms with van der Waals surface area (Å²) in [4.78, 5) is 31.2. The summed E-state index contributed by atoms with van der Waals surface area (Å²) in [6.45, 7) is 0.617. The zero-order valence-corrected chi connectivity index (χ0v) is 19.1. The highest BCUT2D eigenvalue weighted by atomic mass is 35.5. The molecule has 32 heavy (non-hydrogen) atoms. The van der Waals surface area contributed by atoms with Crippen LogP contribution in [0.3, 0.4) is 0 Å². The Morgan fingerprint density at radius 1 is 1.12 bits per heavy atom. The maximum Gasteiger partial charge on any atom is 0.332 e. The Bertz CT molecular complexity index is 1250. The molecule has 0 amide bonds. The standard InChI is InChI=1S/C24H29ClN4O3/c1-27-22-20(23(31)28(24(27)32)11-4-12-30)29(14-15-7-9-17(25)10-8-15)21(26-22)19-13-18(19)16-5-2-3-6-16/h7-10,16,18-19,30H,2-6,11-14H2,1H3. The Labute approximate surface area is 191 Å². The van der Waals surface area contributed by atoms with Gasteiger partial charge in [0.1, 0.15) is 5.82 Å². The first-order valence-electron chi connectivity index (χ1n) is 11.5. The molecule has 2 aliphatic rings. The maximum atomic E-state index is 13.5. The second kappa shape index (κ2) is 8.52. The SMILES string of the molecule is Cn1c(=O)n(CCCO)c(=O)c2c1nc(C1CC1C1CCCC1)n2Cc1ccc(Cl)cc1. The van der Waals surface area contributed by atoms with E-state index in [9.17, 15) is 14.7 Å². The molecule has 2 unspecified atom stereocenters. The van der Waals surface area contributed by atoms with Gasteiger partial charge in [0.05, 0.1) is 0 Å². The second-order valence-electron chi connectivity index (χ2n) is 9.28. The molecule has 7 nitrogen and oxygen atoms in total. The van der Waals surface area contributed by atoms with Crippen LogP contribution in [0.2, 0.25) is 5.02 Å². The summed E-state index contributed by atoms with van der Waals surface area (Å²) < 4.78 is 4.72. The number of hydrogen-bond acceptors (Lipinski definition) is 4. The van der Waals surface area contributed by atoms with Gasteiger partial charge in [0.25, 0.3) is 5.56 Å². The Morgan fingerprint density at radius 3 is 2.53 bits per heavy atom. The molecular weight excluding hydrogens is 428 g/mol. The van der Waals surface area contributed by atoms with E-state index in [1.54, 1.807) is 7.05 Å².